The Morgan fingerprint density at radius 1 is 1.12 bits per heavy atom. The van der Waals surface area contributed by atoms with Crippen molar-refractivity contribution in [3.63, 3.8) is 0 Å². The van der Waals surface area contributed by atoms with Crippen LogP contribution in [0.2, 0.25) is 0 Å². The third-order valence-electron chi connectivity index (χ3n) is 7.02. The molecule has 1 saturated heterocycles. The molecule has 178 valence electrons. The summed E-state index contributed by atoms with van der Waals surface area (Å²) in [5.74, 6) is 0.501. The summed E-state index contributed by atoms with van der Waals surface area (Å²) in [5.41, 5.74) is 2.15. The van der Waals surface area contributed by atoms with Crippen LogP contribution < -0.4 is 9.47 Å². The largest absolute Gasteiger partial charge is 0.481 e. The second-order valence-corrected chi connectivity index (χ2v) is 9.01. The molecule has 0 amide bonds. The standard InChI is InChI=1S/C21H23NO5.C4H8O2/c1-11(23)25-16-6-4-13-10-15-14-5-7-17(26-12(2)24)20-21(14,8-9-22(15)3)18(13)19(16)27-20;1-3-6-4(2)5/h4-7,14-15,17,20H,8-10H2,1-3H3;3H2,1-2H3/t14-,15+,17-,20-,21-;/m0./s1. The van der Waals surface area contributed by atoms with Gasteiger partial charge in [-0.3, -0.25) is 14.4 Å². The Labute approximate surface area is 193 Å². The summed E-state index contributed by atoms with van der Waals surface area (Å²) in [5, 5.41) is 0. The number of likely N-dealkylation sites (N-methyl/N-ethyl adjacent to an activating group) is 1. The van der Waals surface area contributed by atoms with Gasteiger partial charge in [-0.15, -0.1) is 0 Å². The van der Waals surface area contributed by atoms with Crippen LogP contribution in [0.25, 0.3) is 0 Å². The average molecular weight is 458 g/mol. The highest BCUT2D eigenvalue weighted by atomic mass is 16.6. The highest BCUT2D eigenvalue weighted by Crippen LogP contribution is 2.62. The molecule has 5 atom stereocenters. The average Bonchev–Trinajstić information content (AvgIpc) is 3.08. The SMILES string of the molecule is CC(=O)Oc1ccc2c3c1O[C@H]1[C@@H](OC(C)=O)C=C[C@H]4[C@@H](C2)N(C)CC[C@@]341.CCOC(C)=O. The molecule has 0 saturated carbocycles. The molecular weight excluding hydrogens is 426 g/mol. The minimum Gasteiger partial charge on any atom is -0.481 e. The molecule has 8 nitrogen and oxygen atoms in total. The number of esters is 3. The molecule has 1 spiro atoms. The minimum atomic E-state index is -0.439. The fourth-order valence-electron chi connectivity index (χ4n) is 5.94. The Morgan fingerprint density at radius 3 is 2.48 bits per heavy atom. The Hall–Kier alpha value is -2.87. The Morgan fingerprint density at radius 2 is 1.88 bits per heavy atom. The molecule has 1 aromatic rings. The molecule has 33 heavy (non-hydrogen) atoms. The van der Waals surface area contributed by atoms with Gasteiger partial charge in [0.25, 0.3) is 0 Å². The molecule has 1 aromatic carbocycles. The van der Waals surface area contributed by atoms with Crippen molar-refractivity contribution >= 4 is 17.9 Å². The van der Waals surface area contributed by atoms with Crippen molar-refractivity contribution in [1.29, 1.82) is 0 Å². The smallest absolute Gasteiger partial charge is 0.308 e. The quantitative estimate of drug-likeness (QED) is 0.389. The normalized spacial score (nSPS) is 30.2. The second-order valence-electron chi connectivity index (χ2n) is 9.01. The molecule has 0 aromatic heterocycles. The molecule has 5 rings (SSSR count). The van der Waals surface area contributed by atoms with Gasteiger partial charge in [0.1, 0.15) is 6.10 Å². The maximum absolute atomic E-state index is 11.7. The first-order valence-corrected chi connectivity index (χ1v) is 11.4. The van der Waals surface area contributed by atoms with E-state index in [1.54, 1.807) is 6.92 Å². The van der Waals surface area contributed by atoms with Crippen LogP contribution in [-0.2, 0) is 35.7 Å². The van der Waals surface area contributed by atoms with Crippen LogP contribution in [0.15, 0.2) is 24.3 Å². The van der Waals surface area contributed by atoms with Crippen molar-refractivity contribution in [2.75, 3.05) is 20.2 Å². The second kappa shape index (κ2) is 8.82. The van der Waals surface area contributed by atoms with Gasteiger partial charge >= 0.3 is 17.9 Å². The summed E-state index contributed by atoms with van der Waals surface area (Å²) in [7, 11) is 2.17. The topological polar surface area (TPSA) is 91.4 Å². The van der Waals surface area contributed by atoms with Crippen molar-refractivity contribution < 1.29 is 33.3 Å². The zero-order chi connectivity index (χ0) is 23.9. The minimum absolute atomic E-state index is 0.211. The maximum atomic E-state index is 11.7. The Balaban J connectivity index is 0.000000385. The van der Waals surface area contributed by atoms with E-state index in [1.165, 1.54) is 26.3 Å². The molecule has 0 unspecified atom stereocenters. The summed E-state index contributed by atoms with van der Waals surface area (Å²) in [6.07, 6.45) is 5.31. The van der Waals surface area contributed by atoms with Crippen molar-refractivity contribution in [1.82, 2.24) is 4.90 Å². The molecule has 1 fully saturated rings. The summed E-state index contributed by atoms with van der Waals surface area (Å²) in [6.45, 7) is 7.43. The number of hydrogen-bond donors (Lipinski definition) is 0. The van der Waals surface area contributed by atoms with E-state index in [-0.39, 0.29) is 35.3 Å². The Kier molecular flexibility index (Phi) is 6.22. The lowest BCUT2D eigenvalue weighted by atomic mass is 9.53. The lowest BCUT2D eigenvalue weighted by Crippen LogP contribution is -2.65. The van der Waals surface area contributed by atoms with Gasteiger partial charge in [0.15, 0.2) is 17.6 Å². The number of likely N-dealkylation sites (tertiary alicyclic amines) is 1. The maximum Gasteiger partial charge on any atom is 0.308 e. The van der Waals surface area contributed by atoms with Gasteiger partial charge < -0.3 is 23.8 Å². The summed E-state index contributed by atoms with van der Waals surface area (Å²) in [4.78, 5) is 35.5. The van der Waals surface area contributed by atoms with Crippen LogP contribution in [0.1, 0.15) is 45.2 Å². The molecule has 2 bridgehead atoms. The van der Waals surface area contributed by atoms with Crippen molar-refractivity contribution in [2.24, 2.45) is 5.92 Å². The first kappa shape index (κ1) is 23.3. The van der Waals surface area contributed by atoms with E-state index in [9.17, 15) is 14.4 Å². The molecule has 8 heteroatoms. The number of rotatable bonds is 3. The molecule has 0 N–H and O–H groups in total. The van der Waals surface area contributed by atoms with Crippen molar-refractivity contribution in [3.05, 3.63) is 35.4 Å². The van der Waals surface area contributed by atoms with Crippen molar-refractivity contribution in [3.8, 4) is 11.5 Å². The monoisotopic (exact) mass is 457 g/mol. The summed E-state index contributed by atoms with van der Waals surface area (Å²) in [6, 6.07) is 4.28. The fourth-order valence-corrected chi connectivity index (χ4v) is 5.94. The van der Waals surface area contributed by atoms with Gasteiger partial charge in [0, 0.05) is 43.7 Å². The zero-order valence-electron chi connectivity index (χ0n) is 19.8. The van der Waals surface area contributed by atoms with Gasteiger partial charge in [0.2, 0.25) is 0 Å². The van der Waals surface area contributed by atoms with E-state index in [0.29, 0.717) is 24.1 Å². The van der Waals surface area contributed by atoms with E-state index in [1.807, 2.05) is 12.1 Å². The first-order chi connectivity index (χ1) is 15.7. The predicted octanol–water partition coefficient (Wildman–Crippen LogP) is 2.56. The van der Waals surface area contributed by atoms with E-state index in [4.69, 9.17) is 14.2 Å². The summed E-state index contributed by atoms with van der Waals surface area (Å²) < 4.78 is 21.9. The first-order valence-electron chi connectivity index (χ1n) is 11.4. The zero-order valence-corrected chi connectivity index (χ0v) is 19.8. The molecule has 2 aliphatic heterocycles. The van der Waals surface area contributed by atoms with Gasteiger partial charge in [-0.05, 0) is 51.1 Å². The van der Waals surface area contributed by atoms with E-state index >= 15 is 0 Å². The van der Waals surface area contributed by atoms with E-state index < -0.39 is 6.10 Å². The van der Waals surface area contributed by atoms with Crippen molar-refractivity contribution in [2.45, 2.75) is 64.2 Å². The number of piperidine rings is 1. The number of ether oxygens (including phenoxy) is 4. The number of nitrogens with zero attached hydrogens (tertiary/aromatic N) is 1. The summed E-state index contributed by atoms with van der Waals surface area (Å²) >= 11 is 0. The highest BCUT2D eigenvalue weighted by molar-refractivity contribution is 5.73. The molecule has 2 aliphatic carbocycles. The van der Waals surface area contributed by atoms with Gasteiger partial charge in [-0.1, -0.05) is 12.1 Å². The van der Waals surface area contributed by atoms with Crippen LogP contribution in [0, 0.1) is 5.92 Å². The lowest BCUT2D eigenvalue weighted by Gasteiger charge is -2.56. The molecule has 0 radical (unpaired) electrons. The van der Waals surface area contributed by atoms with Gasteiger partial charge in [-0.2, -0.15) is 0 Å². The van der Waals surface area contributed by atoms with E-state index in [2.05, 4.69) is 28.8 Å². The number of hydrogen-bond acceptors (Lipinski definition) is 8. The highest BCUT2D eigenvalue weighted by Gasteiger charge is 2.65. The third-order valence-corrected chi connectivity index (χ3v) is 7.02. The van der Waals surface area contributed by atoms with Crippen LogP contribution in [0.5, 0.6) is 11.5 Å². The molecular formula is C25H31NO7. The fraction of sp³-hybridized carbons (Fsp3) is 0.560. The number of carbonyl (C=O) groups is 3. The third kappa shape index (κ3) is 3.90. The lowest BCUT2D eigenvalue weighted by molar-refractivity contribution is -0.152. The Bertz CT molecular complexity index is 1000. The van der Waals surface area contributed by atoms with Crippen LogP contribution in [0.3, 0.4) is 0 Å². The van der Waals surface area contributed by atoms with Crippen LogP contribution >= 0.6 is 0 Å². The van der Waals surface area contributed by atoms with E-state index in [0.717, 1.165) is 24.9 Å². The van der Waals surface area contributed by atoms with Crippen LogP contribution in [-0.4, -0.2) is 61.3 Å². The van der Waals surface area contributed by atoms with Gasteiger partial charge in [0.05, 0.1) is 6.61 Å². The van der Waals surface area contributed by atoms with Crippen LogP contribution in [0.4, 0.5) is 0 Å². The molecule has 4 aliphatic rings. The predicted molar refractivity (Wildman–Crippen MR) is 119 cm³/mol. The van der Waals surface area contributed by atoms with Gasteiger partial charge in [-0.25, -0.2) is 0 Å². The molecule has 2 heterocycles. The number of carbonyl (C=O) groups excluding carboxylic acids is 3. The number of benzene rings is 1.